The second-order valence-electron chi connectivity index (χ2n) is 9.50. The van der Waals surface area contributed by atoms with Gasteiger partial charge in [0.1, 0.15) is 19.3 Å². The van der Waals surface area contributed by atoms with Crippen LogP contribution in [0.15, 0.2) is 34.6 Å². The lowest BCUT2D eigenvalue weighted by Crippen LogP contribution is -2.25. The highest BCUT2D eigenvalue weighted by molar-refractivity contribution is 6.00. The molecule has 1 unspecified atom stereocenters. The molecule has 0 heterocycles. The zero-order valence-corrected chi connectivity index (χ0v) is 24.6. The van der Waals surface area contributed by atoms with Crippen molar-refractivity contribution in [1.82, 2.24) is 5.32 Å². The van der Waals surface area contributed by atoms with Crippen LogP contribution in [0.3, 0.4) is 0 Å². The van der Waals surface area contributed by atoms with E-state index in [9.17, 15) is 9.59 Å². The number of amides is 2. The fraction of sp³-hybridized carbons (Fsp3) is 0.655. The van der Waals surface area contributed by atoms with Gasteiger partial charge in [0, 0.05) is 51.5 Å². The average Bonchev–Trinajstić information content (AvgIpc) is 2.96. The summed E-state index contributed by atoms with van der Waals surface area (Å²) in [5, 5.41) is 11.0. The highest BCUT2D eigenvalue weighted by Gasteiger charge is 2.09. The summed E-state index contributed by atoms with van der Waals surface area (Å²) in [7, 11) is 3.29. The molecule has 0 radical (unpaired) electrons. The molecule has 11 heteroatoms. The molecule has 0 aliphatic carbocycles. The van der Waals surface area contributed by atoms with Crippen molar-refractivity contribution in [2.45, 2.75) is 64.9 Å². The van der Waals surface area contributed by atoms with Gasteiger partial charge in [-0.15, -0.1) is 0 Å². The third-order valence-electron chi connectivity index (χ3n) is 6.08. The van der Waals surface area contributed by atoms with Crippen LogP contribution in [-0.2, 0) is 28.7 Å². The number of benzene rings is 1. The summed E-state index contributed by atoms with van der Waals surface area (Å²) >= 11 is 0. The van der Waals surface area contributed by atoms with Crippen molar-refractivity contribution in [3.05, 3.63) is 35.4 Å². The number of hydrogen-bond acceptors (Lipinski definition) is 9. The summed E-state index contributed by atoms with van der Waals surface area (Å²) in [6.45, 7) is 6.81. The molecule has 40 heavy (non-hydrogen) atoms. The van der Waals surface area contributed by atoms with Crippen LogP contribution < -0.4 is 11.1 Å². The number of methoxy groups -OCH3 is 2. The number of carbonyl (C=O) groups excluding carboxylic acids is 2. The van der Waals surface area contributed by atoms with Crippen LogP contribution in [0.1, 0.15) is 74.7 Å². The van der Waals surface area contributed by atoms with Gasteiger partial charge in [-0.05, 0) is 56.7 Å². The van der Waals surface area contributed by atoms with Crippen molar-refractivity contribution >= 4 is 23.7 Å². The molecule has 0 saturated carbocycles. The molecule has 1 rings (SSSR count). The monoisotopic (exact) mass is 564 g/mol. The Hall–Kier alpha value is -3.02. The molecule has 0 spiro atoms. The van der Waals surface area contributed by atoms with Crippen LogP contribution >= 0.6 is 0 Å². The number of oxime groups is 2. The van der Waals surface area contributed by atoms with E-state index in [2.05, 4.69) is 15.6 Å². The second-order valence-corrected chi connectivity index (χ2v) is 9.50. The molecule has 0 bridgehead atoms. The van der Waals surface area contributed by atoms with E-state index in [1.54, 1.807) is 32.6 Å². The average molecular weight is 565 g/mol. The summed E-state index contributed by atoms with van der Waals surface area (Å²) in [6, 6.07) is 7.20. The van der Waals surface area contributed by atoms with Gasteiger partial charge in [-0.3, -0.25) is 9.59 Å². The van der Waals surface area contributed by atoms with Gasteiger partial charge in [0.2, 0.25) is 5.91 Å². The fourth-order valence-electron chi connectivity index (χ4n) is 3.45. The fourth-order valence-corrected chi connectivity index (χ4v) is 3.45. The summed E-state index contributed by atoms with van der Waals surface area (Å²) < 4.78 is 15.9. The first-order valence-electron chi connectivity index (χ1n) is 14.0. The third kappa shape index (κ3) is 16.8. The third-order valence-corrected chi connectivity index (χ3v) is 6.08. The number of hydrogen-bond donors (Lipinski definition) is 2. The molecule has 0 aliphatic heterocycles. The van der Waals surface area contributed by atoms with Gasteiger partial charge in [0.25, 0.3) is 5.91 Å². The molecular formula is C29H48N4O7. The predicted octanol–water partition coefficient (Wildman–Crippen LogP) is 3.69. The minimum atomic E-state index is -0.288. The lowest BCUT2D eigenvalue weighted by Gasteiger charge is -2.14. The van der Waals surface area contributed by atoms with E-state index < -0.39 is 0 Å². The maximum atomic E-state index is 12.3. The van der Waals surface area contributed by atoms with E-state index in [1.165, 1.54) is 0 Å². The first-order valence-corrected chi connectivity index (χ1v) is 14.0. The lowest BCUT2D eigenvalue weighted by molar-refractivity contribution is -0.121. The van der Waals surface area contributed by atoms with E-state index in [1.807, 2.05) is 26.0 Å². The smallest absolute Gasteiger partial charge is 0.251 e. The Balaban J connectivity index is 2.11. The van der Waals surface area contributed by atoms with E-state index in [0.717, 1.165) is 49.8 Å². The van der Waals surface area contributed by atoms with Crippen LogP contribution in [-0.4, -0.2) is 83.6 Å². The number of nitrogens with one attached hydrogen (secondary N) is 1. The highest BCUT2D eigenvalue weighted by atomic mass is 16.6. The Labute approximate surface area is 238 Å². The molecule has 3 N–H and O–H groups in total. The Morgan fingerprint density at radius 2 is 1.68 bits per heavy atom. The van der Waals surface area contributed by atoms with Crippen LogP contribution in [0, 0.1) is 5.92 Å². The zero-order chi connectivity index (χ0) is 29.4. The van der Waals surface area contributed by atoms with Gasteiger partial charge in [-0.25, -0.2) is 0 Å². The second kappa shape index (κ2) is 22.8. The van der Waals surface area contributed by atoms with Crippen molar-refractivity contribution in [3.8, 4) is 0 Å². The van der Waals surface area contributed by atoms with Gasteiger partial charge in [-0.2, -0.15) is 0 Å². The molecule has 0 aliphatic rings. The predicted molar refractivity (Wildman–Crippen MR) is 156 cm³/mol. The normalized spacial score (nSPS) is 13.2. The van der Waals surface area contributed by atoms with Gasteiger partial charge in [-0.1, -0.05) is 35.8 Å². The first-order chi connectivity index (χ1) is 19.4. The van der Waals surface area contributed by atoms with E-state index in [-0.39, 0.29) is 23.8 Å². The lowest BCUT2D eigenvalue weighted by atomic mass is 10.0. The topological polar surface area (TPSA) is 143 Å². The molecular weight excluding hydrogens is 516 g/mol. The molecule has 1 aromatic carbocycles. The number of nitrogens with two attached hydrogens (primary N) is 1. The maximum absolute atomic E-state index is 12.3. The van der Waals surface area contributed by atoms with Crippen LogP contribution in [0.2, 0.25) is 0 Å². The quantitative estimate of drug-likeness (QED) is 0.111. The van der Waals surface area contributed by atoms with Gasteiger partial charge < -0.3 is 34.9 Å². The zero-order valence-electron chi connectivity index (χ0n) is 24.6. The SMILES string of the molecule is COCC(COCCCC/C=N\OCCCO/N=C(\C)c1ccc(C(=O)NCCCC[C@H](C)C(N)=O)cc1)OC. The Kier molecular flexibility index (Phi) is 19.9. The Bertz CT molecular complexity index is 878. The van der Waals surface area contributed by atoms with Gasteiger partial charge >= 0.3 is 0 Å². The van der Waals surface area contributed by atoms with Crippen molar-refractivity contribution < 1.29 is 33.5 Å². The summed E-state index contributed by atoms with van der Waals surface area (Å²) in [4.78, 5) is 34.0. The van der Waals surface area contributed by atoms with Crippen molar-refractivity contribution in [1.29, 1.82) is 0 Å². The van der Waals surface area contributed by atoms with E-state index in [0.29, 0.717) is 51.6 Å². The van der Waals surface area contributed by atoms with Crippen LogP contribution in [0.4, 0.5) is 0 Å². The molecule has 0 saturated heterocycles. The summed E-state index contributed by atoms with van der Waals surface area (Å²) in [5.41, 5.74) is 7.42. The first kappa shape index (κ1) is 35.0. The van der Waals surface area contributed by atoms with Gasteiger partial charge in [0.15, 0.2) is 0 Å². The number of primary amides is 1. The molecule has 1 aromatic rings. The molecule has 0 fully saturated rings. The van der Waals surface area contributed by atoms with E-state index in [4.69, 9.17) is 29.6 Å². The maximum Gasteiger partial charge on any atom is 0.251 e. The summed E-state index contributed by atoms with van der Waals surface area (Å²) in [6.07, 6.45) is 7.49. The Morgan fingerprint density at radius 1 is 0.950 bits per heavy atom. The highest BCUT2D eigenvalue weighted by Crippen LogP contribution is 2.08. The van der Waals surface area contributed by atoms with Crippen LogP contribution in [0.25, 0.3) is 0 Å². The molecule has 2 atom stereocenters. The number of rotatable bonds is 24. The molecule has 2 amide bonds. The molecule has 11 nitrogen and oxygen atoms in total. The number of unbranched alkanes of at least 4 members (excludes halogenated alkanes) is 3. The largest absolute Gasteiger partial charge is 0.396 e. The minimum absolute atomic E-state index is 0.0292. The number of ether oxygens (including phenoxy) is 3. The van der Waals surface area contributed by atoms with Crippen molar-refractivity contribution in [2.24, 2.45) is 22.0 Å². The standard InChI is InChI=1S/C29H48N4O7/c1-23(28(30)34)11-6-8-16-31-29(35)26-14-12-25(13-15-26)24(2)33-40-20-10-19-39-32-17-7-5-9-18-38-22-27(37-4)21-36-3/h12-15,17,23,27H,5-11,16,18-22H2,1-4H3,(H2,30,34)(H,31,35)/b32-17-,33-24+/t23-,27?/m0/s1. The van der Waals surface area contributed by atoms with Crippen LogP contribution in [0.5, 0.6) is 0 Å². The molecule has 0 aromatic heterocycles. The summed E-state index contributed by atoms with van der Waals surface area (Å²) in [5.74, 6) is -0.561. The molecule has 226 valence electrons. The number of carbonyl (C=O) groups is 2. The Morgan fingerprint density at radius 3 is 2.38 bits per heavy atom. The van der Waals surface area contributed by atoms with E-state index >= 15 is 0 Å². The minimum Gasteiger partial charge on any atom is -0.396 e. The van der Waals surface area contributed by atoms with Crippen molar-refractivity contribution in [2.75, 3.05) is 53.8 Å². The van der Waals surface area contributed by atoms with Gasteiger partial charge in [0.05, 0.1) is 18.9 Å². The number of nitrogens with zero attached hydrogens (tertiary/aromatic N) is 2. The van der Waals surface area contributed by atoms with Crippen molar-refractivity contribution in [3.63, 3.8) is 0 Å².